The third-order valence-electron chi connectivity index (χ3n) is 4.90. The summed E-state index contributed by atoms with van der Waals surface area (Å²) in [6, 6.07) is 19.7. The van der Waals surface area contributed by atoms with E-state index in [-0.39, 0.29) is 18.6 Å². The van der Waals surface area contributed by atoms with Gasteiger partial charge in [-0.05, 0) is 58.2 Å². The van der Waals surface area contributed by atoms with Crippen molar-refractivity contribution in [2.75, 3.05) is 6.54 Å². The van der Waals surface area contributed by atoms with E-state index in [1.807, 2.05) is 55.5 Å². The number of hydrogen-bond acceptors (Lipinski definition) is 5. The van der Waals surface area contributed by atoms with Crippen LogP contribution in [0, 0.1) is 5.92 Å². The molecule has 0 aliphatic heterocycles. The molecule has 0 aliphatic rings. The van der Waals surface area contributed by atoms with Crippen LogP contribution in [0.2, 0.25) is 0 Å². The molecule has 32 heavy (non-hydrogen) atoms. The number of alkyl carbamates (subject to hydrolysis) is 1. The van der Waals surface area contributed by atoms with Gasteiger partial charge in [-0.25, -0.2) is 4.79 Å². The molecule has 1 amide bonds. The summed E-state index contributed by atoms with van der Waals surface area (Å²) in [5.41, 5.74) is 0.563. The smallest absolute Gasteiger partial charge is 0.408 e. The molecule has 0 radical (unpaired) electrons. The van der Waals surface area contributed by atoms with Crippen molar-refractivity contribution in [3.63, 3.8) is 0 Å². The molecule has 0 fully saturated rings. The Morgan fingerprint density at radius 1 is 0.969 bits per heavy atom. The monoisotopic (exact) mass is 441 g/mol. The topological polar surface area (TPSA) is 73.9 Å². The molecule has 6 heteroatoms. The van der Waals surface area contributed by atoms with Crippen LogP contribution in [0.4, 0.5) is 4.79 Å². The Morgan fingerprint density at radius 3 is 2.12 bits per heavy atom. The third-order valence-corrected chi connectivity index (χ3v) is 4.90. The molecule has 0 unspecified atom stereocenters. The first-order chi connectivity index (χ1) is 15.2. The lowest BCUT2D eigenvalue weighted by atomic mass is 9.89. The Kier molecular flexibility index (Phi) is 9.57. The van der Waals surface area contributed by atoms with Crippen LogP contribution in [0.15, 0.2) is 60.7 Å². The van der Waals surface area contributed by atoms with E-state index in [1.165, 1.54) is 5.56 Å². The summed E-state index contributed by atoms with van der Waals surface area (Å²) < 4.78 is 17.1. The minimum Gasteiger partial charge on any atom is -0.486 e. The van der Waals surface area contributed by atoms with Gasteiger partial charge in [0.25, 0.3) is 0 Å². The van der Waals surface area contributed by atoms with Crippen molar-refractivity contribution in [2.24, 2.45) is 5.92 Å². The number of rotatable bonds is 10. The van der Waals surface area contributed by atoms with E-state index in [9.17, 15) is 9.59 Å². The van der Waals surface area contributed by atoms with Gasteiger partial charge in [0.15, 0.2) is 0 Å². The van der Waals surface area contributed by atoms with Crippen LogP contribution in [0.1, 0.15) is 46.6 Å². The summed E-state index contributed by atoms with van der Waals surface area (Å²) in [7, 11) is 0. The lowest BCUT2D eigenvalue weighted by Gasteiger charge is -2.32. The average Bonchev–Trinajstić information content (AvgIpc) is 2.75. The van der Waals surface area contributed by atoms with Gasteiger partial charge < -0.3 is 19.5 Å². The van der Waals surface area contributed by atoms with Gasteiger partial charge in [0.05, 0.1) is 0 Å². The van der Waals surface area contributed by atoms with Gasteiger partial charge in [-0.1, -0.05) is 55.5 Å². The van der Waals surface area contributed by atoms with Gasteiger partial charge in [0, 0.05) is 5.92 Å². The molecule has 0 aliphatic carbocycles. The Hall–Kier alpha value is -3.02. The van der Waals surface area contributed by atoms with Crippen LogP contribution >= 0.6 is 0 Å². The molecular weight excluding hydrogens is 406 g/mol. The van der Waals surface area contributed by atoms with Crippen molar-refractivity contribution < 1.29 is 23.8 Å². The molecule has 0 aromatic heterocycles. The van der Waals surface area contributed by atoms with Gasteiger partial charge in [-0.3, -0.25) is 4.79 Å². The number of para-hydroxylation sites is 1. The summed E-state index contributed by atoms with van der Waals surface area (Å²) >= 11 is 0. The van der Waals surface area contributed by atoms with Gasteiger partial charge in [0.2, 0.25) is 0 Å². The highest BCUT2D eigenvalue weighted by Gasteiger charge is 2.31. The van der Waals surface area contributed by atoms with E-state index in [2.05, 4.69) is 24.4 Å². The van der Waals surface area contributed by atoms with E-state index in [0.717, 1.165) is 18.6 Å². The van der Waals surface area contributed by atoms with Crippen molar-refractivity contribution in [1.29, 1.82) is 0 Å². The highest BCUT2D eigenvalue weighted by molar-refractivity contribution is 5.78. The molecule has 2 aromatic carbocycles. The largest absolute Gasteiger partial charge is 0.486 e. The Morgan fingerprint density at radius 2 is 1.56 bits per heavy atom. The predicted molar refractivity (Wildman–Crippen MR) is 125 cm³/mol. The number of amides is 1. The number of carbonyl (C=O) groups is 2. The molecule has 0 saturated carbocycles. The first-order valence-corrected chi connectivity index (χ1v) is 11.1. The minimum atomic E-state index is -0.658. The van der Waals surface area contributed by atoms with Crippen LogP contribution in [-0.4, -0.2) is 36.4 Å². The standard InChI is InChI=1S/C26H35NO5/c1-6-21(17-20-13-9-7-10-14-20)24(31-22-15-11-8-12-16-22)19(2)30-23(28)18-27-25(29)32-26(3,4)5/h7-16,19,21,24H,6,17-18H2,1-5H3,(H,27,29)/t19-,21+,24-/m0/s1. The van der Waals surface area contributed by atoms with Crippen LogP contribution in [0.25, 0.3) is 0 Å². The second kappa shape index (κ2) is 12.1. The van der Waals surface area contributed by atoms with E-state index in [4.69, 9.17) is 14.2 Å². The number of esters is 1. The summed E-state index contributed by atoms with van der Waals surface area (Å²) in [5, 5.41) is 2.44. The van der Waals surface area contributed by atoms with E-state index < -0.39 is 23.8 Å². The van der Waals surface area contributed by atoms with Crippen LogP contribution in [0.3, 0.4) is 0 Å². The van der Waals surface area contributed by atoms with Crippen molar-refractivity contribution in [3.05, 3.63) is 66.2 Å². The Labute approximate surface area is 191 Å². The Balaban J connectivity index is 2.06. The number of carbonyl (C=O) groups excluding carboxylic acids is 2. The fraction of sp³-hybridized carbons (Fsp3) is 0.462. The van der Waals surface area contributed by atoms with Crippen molar-refractivity contribution in [2.45, 2.75) is 65.3 Å². The first-order valence-electron chi connectivity index (χ1n) is 11.1. The second-order valence-electron chi connectivity index (χ2n) is 8.80. The highest BCUT2D eigenvalue weighted by atomic mass is 16.6. The lowest BCUT2D eigenvalue weighted by molar-refractivity contribution is -0.153. The van der Waals surface area contributed by atoms with E-state index in [0.29, 0.717) is 0 Å². The second-order valence-corrected chi connectivity index (χ2v) is 8.80. The van der Waals surface area contributed by atoms with Crippen LogP contribution < -0.4 is 10.1 Å². The highest BCUT2D eigenvalue weighted by Crippen LogP contribution is 2.25. The number of hydrogen-bond donors (Lipinski definition) is 1. The van der Waals surface area contributed by atoms with Crippen LogP contribution in [0.5, 0.6) is 5.75 Å². The molecule has 2 rings (SSSR count). The van der Waals surface area contributed by atoms with Gasteiger partial charge in [0.1, 0.15) is 30.1 Å². The quantitative estimate of drug-likeness (QED) is 0.516. The molecule has 0 heterocycles. The zero-order valence-corrected chi connectivity index (χ0v) is 19.7. The molecule has 0 spiro atoms. The average molecular weight is 442 g/mol. The predicted octanol–water partition coefficient (Wildman–Crippen LogP) is 5.16. The third kappa shape index (κ3) is 9.00. The van der Waals surface area contributed by atoms with Crippen molar-refractivity contribution >= 4 is 12.1 Å². The van der Waals surface area contributed by atoms with E-state index in [1.54, 1.807) is 20.8 Å². The zero-order valence-electron chi connectivity index (χ0n) is 19.7. The minimum absolute atomic E-state index is 0.124. The number of ether oxygens (including phenoxy) is 3. The summed E-state index contributed by atoms with van der Waals surface area (Å²) in [5.74, 6) is 0.303. The first kappa shape index (κ1) is 25.2. The fourth-order valence-corrected chi connectivity index (χ4v) is 3.42. The van der Waals surface area contributed by atoms with Gasteiger partial charge in [-0.15, -0.1) is 0 Å². The molecule has 1 N–H and O–H groups in total. The van der Waals surface area contributed by atoms with Crippen molar-refractivity contribution in [3.8, 4) is 5.75 Å². The molecule has 3 atom stereocenters. The Bertz CT molecular complexity index is 832. The molecule has 0 saturated heterocycles. The summed E-state index contributed by atoms with van der Waals surface area (Å²) in [6.07, 6.45) is 0.122. The zero-order chi connectivity index (χ0) is 23.6. The fourth-order valence-electron chi connectivity index (χ4n) is 3.42. The maximum atomic E-state index is 12.4. The number of nitrogens with one attached hydrogen (secondary N) is 1. The van der Waals surface area contributed by atoms with Crippen LogP contribution in [-0.2, 0) is 20.7 Å². The SMILES string of the molecule is CC[C@H](Cc1ccccc1)[C@@H](Oc1ccccc1)[C@H](C)OC(=O)CNC(=O)OC(C)(C)C. The maximum absolute atomic E-state index is 12.4. The summed E-state index contributed by atoms with van der Waals surface area (Å²) in [4.78, 5) is 24.2. The van der Waals surface area contributed by atoms with E-state index >= 15 is 0 Å². The summed E-state index contributed by atoms with van der Waals surface area (Å²) in [6.45, 7) is 8.94. The maximum Gasteiger partial charge on any atom is 0.408 e. The molecular formula is C26H35NO5. The van der Waals surface area contributed by atoms with Crippen molar-refractivity contribution in [1.82, 2.24) is 5.32 Å². The molecule has 6 nitrogen and oxygen atoms in total. The lowest BCUT2D eigenvalue weighted by Crippen LogP contribution is -2.42. The van der Waals surface area contributed by atoms with Gasteiger partial charge >= 0.3 is 12.1 Å². The molecule has 174 valence electrons. The molecule has 0 bridgehead atoms. The van der Waals surface area contributed by atoms with Gasteiger partial charge in [-0.2, -0.15) is 0 Å². The number of benzene rings is 2. The molecule has 2 aromatic rings. The normalized spacial score (nSPS) is 14.0.